The van der Waals surface area contributed by atoms with Crippen molar-refractivity contribution in [3.05, 3.63) is 42.5 Å². The number of benzene rings is 1. The molecule has 0 aliphatic heterocycles. The summed E-state index contributed by atoms with van der Waals surface area (Å²) < 4.78 is 0. The predicted molar refractivity (Wildman–Crippen MR) is 79.2 cm³/mol. The molecule has 0 saturated heterocycles. The van der Waals surface area contributed by atoms with Crippen molar-refractivity contribution < 1.29 is 4.79 Å². The highest BCUT2D eigenvalue weighted by atomic mass is 16.1. The zero-order chi connectivity index (χ0) is 13.5. The Hall–Kier alpha value is -1.77. The third-order valence-corrected chi connectivity index (χ3v) is 3.53. The summed E-state index contributed by atoms with van der Waals surface area (Å²) in [6.45, 7) is 1.52. The molecule has 1 unspecified atom stereocenters. The molecule has 1 aliphatic carbocycles. The van der Waals surface area contributed by atoms with Gasteiger partial charge in [-0.25, -0.2) is 0 Å². The molecule has 1 aromatic carbocycles. The molecular formula is C16H22N2O. The van der Waals surface area contributed by atoms with Gasteiger partial charge >= 0.3 is 0 Å². The van der Waals surface area contributed by atoms with E-state index in [-0.39, 0.29) is 5.91 Å². The van der Waals surface area contributed by atoms with Gasteiger partial charge in [0, 0.05) is 32.2 Å². The quantitative estimate of drug-likeness (QED) is 0.795. The third kappa shape index (κ3) is 4.43. The van der Waals surface area contributed by atoms with Gasteiger partial charge in [0.25, 0.3) is 0 Å². The minimum Gasteiger partial charge on any atom is -0.373 e. The van der Waals surface area contributed by atoms with Gasteiger partial charge in [0.15, 0.2) is 0 Å². The Morgan fingerprint density at radius 2 is 2.16 bits per heavy atom. The second-order valence-corrected chi connectivity index (χ2v) is 5.08. The first-order chi connectivity index (χ1) is 9.25. The largest absolute Gasteiger partial charge is 0.373 e. The Morgan fingerprint density at radius 1 is 1.37 bits per heavy atom. The molecule has 1 amide bonds. The first kappa shape index (κ1) is 13.7. The molecule has 0 spiro atoms. The summed E-state index contributed by atoms with van der Waals surface area (Å²) in [7, 11) is 2.04. The minimum atomic E-state index is 0.165. The SMILES string of the molecule is CN(CCNC(=O)CC1C=CCC1)c1ccccc1. The van der Waals surface area contributed by atoms with Gasteiger partial charge in [-0.3, -0.25) is 4.79 Å². The van der Waals surface area contributed by atoms with Crippen LogP contribution in [0.2, 0.25) is 0 Å². The van der Waals surface area contributed by atoms with Gasteiger partial charge in [0.05, 0.1) is 0 Å². The second kappa shape index (κ2) is 6.98. The maximum absolute atomic E-state index is 11.8. The van der Waals surface area contributed by atoms with Crippen LogP contribution in [0.5, 0.6) is 0 Å². The Kier molecular flexibility index (Phi) is 5.01. The second-order valence-electron chi connectivity index (χ2n) is 5.08. The molecule has 1 atom stereocenters. The van der Waals surface area contributed by atoms with Gasteiger partial charge in [0.2, 0.25) is 5.91 Å². The van der Waals surface area contributed by atoms with E-state index >= 15 is 0 Å². The first-order valence-electron chi connectivity index (χ1n) is 6.95. The lowest BCUT2D eigenvalue weighted by Crippen LogP contribution is -2.33. The lowest BCUT2D eigenvalue weighted by atomic mass is 10.1. The average Bonchev–Trinajstić information content (AvgIpc) is 2.92. The molecular weight excluding hydrogens is 236 g/mol. The fraction of sp³-hybridized carbons (Fsp3) is 0.438. The summed E-state index contributed by atoms with van der Waals surface area (Å²) in [4.78, 5) is 13.9. The standard InChI is InChI=1S/C16H22N2O/c1-18(15-9-3-2-4-10-15)12-11-17-16(19)13-14-7-5-6-8-14/h2-5,7,9-10,14H,6,8,11-13H2,1H3,(H,17,19). The van der Waals surface area contributed by atoms with Crippen LogP contribution in [0, 0.1) is 5.92 Å². The molecule has 0 radical (unpaired) electrons. The van der Waals surface area contributed by atoms with E-state index in [0.29, 0.717) is 18.9 Å². The lowest BCUT2D eigenvalue weighted by Gasteiger charge is -2.19. The smallest absolute Gasteiger partial charge is 0.220 e. The summed E-state index contributed by atoms with van der Waals surface area (Å²) in [6, 6.07) is 10.2. The van der Waals surface area contributed by atoms with Crippen molar-refractivity contribution in [3.8, 4) is 0 Å². The van der Waals surface area contributed by atoms with E-state index < -0.39 is 0 Å². The number of anilines is 1. The van der Waals surface area contributed by atoms with Crippen LogP contribution in [0.25, 0.3) is 0 Å². The number of nitrogens with one attached hydrogen (secondary N) is 1. The Balaban J connectivity index is 1.65. The summed E-state index contributed by atoms with van der Waals surface area (Å²) >= 11 is 0. The zero-order valence-corrected chi connectivity index (χ0v) is 11.5. The molecule has 3 nitrogen and oxygen atoms in total. The van der Waals surface area contributed by atoms with Crippen LogP contribution >= 0.6 is 0 Å². The van der Waals surface area contributed by atoms with E-state index in [2.05, 4.69) is 34.5 Å². The minimum absolute atomic E-state index is 0.165. The molecule has 0 saturated carbocycles. The van der Waals surface area contributed by atoms with Crippen LogP contribution in [-0.2, 0) is 4.79 Å². The number of carbonyl (C=O) groups excluding carboxylic acids is 1. The molecule has 102 valence electrons. The van der Waals surface area contributed by atoms with Gasteiger partial charge in [-0.2, -0.15) is 0 Å². The normalized spacial score (nSPS) is 17.4. The molecule has 0 fully saturated rings. The number of likely N-dealkylation sites (N-methyl/N-ethyl adjacent to an activating group) is 1. The lowest BCUT2D eigenvalue weighted by molar-refractivity contribution is -0.121. The highest BCUT2D eigenvalue weighted by molar-refractivity contribution is 5.76. The molecule has 1 N–H and O–H groups in total. The van der Waals surface area contributed by atoms with Gasteiger partial charge in [0.1, 0.15) is 0 Å². The highest BCUT2D eigenvalue weighted by Gasteiger charge is 2.13. The van der Waals surface area contributed by atoms with Crippen LogP contribution in [0.3, 0.4) is 0 Å². The molecule has 0 bridgehead atoms. The molecule has 2 rings (SSSR count). The summed E-state index contributed by atoms with van der Waals surface area (Å²) in [6.07, 6.45) is 7.20. The molecule has 1 aliphatic rings. The summed E-state index contributed by atoms with van der Waals surface area (Å²) in [5.74, 6) is 0.616. The van der Waals surface area contributed by atoms with Crippen LogP contribution in [-0.4, -0.2) is 26.0 Å². The van der Waals surface area contributed by atoms with Gasteiger partial charge < -0.3 is 10.2 Å². The summed E-state index contributed by atoms with van der Waals surface area (Å²) in [5, 5.41) is 3.00. The van der Waals surface area contributed by atoms with Crippen molar-refractivity contribution in [2.45, 2.75) is 19.3 Å². The van der Waals surface area contributed by atoms with Crippen molar-refractivity contribution in [1.82, 2.24) is 5.32 Å². The monoisotopic (exact) mass is 258 g/mol. The number of rotatable bonds is 6. The van der Waals surface area contributed by atoms with Gasteiger partial charge in [-0.15, -0.1) is 0 Å². The van der Waals surface area contributed by atoms with E-state index in [4.69, 9.17) is 0 Å². The van der Waals surface area contributed by atoms with Gasteiger partial charge in [-0.05, 0) is 30.9 Å². The van der Waals surface area contributed by atoms with Crippen LogP contribution in [0.4, 0.5) is 5.69 Å². The molecule has 0 heterocycles. The number of allylic oxidation sites excluding steroid dienone is 2. The van der Waals surface area contributed by atoms with E-state index in [1.807, 2.05) is 25.2 Å². The van der Waals surface area contributed by atoms with E-state index in [1.165, 1.54) is 5.69 Å². The van der Waals surface area contributed by atoms with Crippen molar-refractivity contribution >= 4 is 11.6 Å². The first-order valence-corrected chi connectivity index (χ1v) is 6.95. The maximum Gasteiger partial charge on any atom is 0.220 e. The zero-order valence-electron chi connectivity index (χ0n) is 11.5. The van der Waals surface area contributed by atoms with Gasteiger partial charge in [-0.1, -0.05) is 30.4 Å². The highest BCUT2D eigenvalue weighted by Crippen LogP contribution is 2.19. The fourth-order valence-corrected chi connectivity index (χ4v) is 2.35. The Morgan fingerprint density at radius 3 is 2.84 bits per heavy atom. The third-order valence-electron chi connectivity index (χ3n) is 3.53. The number of amides is 1. The van der Waals surface area contributed by atoms with E-state index in [1.54, 1.807) is 0 Å². The number of nitrogens with zero attached hydrogens (tertiary/aromatic N) is 1. The van der Waals surface area contributed by atoms with Crippen LogP contribution in [0.15, 0.2) is 42.5 Å². The average molecular weight is 258 g/mol. The fourth-order valence-electron chi connectivity index (χ4n) is 2.35. The number of hydrogen-bond donors (Lipinski definition) is 1. The summed E-state index contributed by atoms with van der Waals surface area (Å²) in [5.41, 5.74) is 1.18. The number of carbonyl (C=O) groups is 1. The van der Waals surface area contributed by atoms with Crippen molar-refractivity contribution in [2.75, 3.05) is 25.0 Å². The van der Waals surface area contributed by atoms with Crippen molar-refractivity contribution in [2.24, 2.45) is 5.92 Å². The number of para-hydroxylation sites is 1. The maximum atomic E-state index is 11.8. The molecule has 19 heavy (non-hydrogen) atoms. The molecule has 3 heteroatoms. The van der Waals surface area contributed by atoms with E-state index in [9.17, 15) is 4.79 Å². The van der Waals surface area contributed by atoms with Crippen LogP contribution < -0.4 is 10.2 Å². The predicted octanol–water partition coefficient (Wildman–Crippen LogP) is 2.60. The van der Waals surface area contributed by atoms with Crippen molar-refractivity contribution in [3.63, 3.8) is 0 Å². The number of hydrogen-bond acceptors (Lipinski definition) is 2. The Bertz CT molecular complexity index is 428. The van der Waals surface area contributed by atoms with Crippen LogP contribution in [0.1, 0.15) is 19.3 Å². The topological polar surface area (TPSA) is 32.3 Å². The van der Waals surface area contributed by atoms with E-state index in [0.717, 1.165) is 19.4 Å². The molecule has 1 aromatic rings. The Labute approximate surface area is 115 Å². The van der Waals surface area contributed by atoms with Crippen molar-refractivity contribution in [1.29, 1.82) is 0 Å². The molecule has 0 aromatic heterocycles.